The fourth-order valence-electron chi connectivity index (χ4n) is 2.73. The summed E-state index contributed by atoms with van der Waals surface area (Å²) in [7, 11) is -1.70. The third-order valence-corrected chi connectivity index (χ3v) is 6.69. The molecule has 2 rings (SSSR count). The quantitative estimate of drug-likeness (QED) is 0.813. The summed E-state index contributed by atoms with van der Waals surface area (Å²) in [6.07, 6.45) is 1.79. The highest BCUT2D eigenvalue weighted by Crippen LogP contribution is 2.24. The van der Waals surface area contributed by atoms with Crippen LogP contribution in [0, 0.1) is 0 Å². The van der Waals surface area contributed by atoms with Crippen molar-refractivity contribution in [3.63, 3.8) is 0 Å². The summed E-state index contributed by atoms with van der Waals surface area (Å²) in [6, 6.07) is 7.45. The van der Waals surface area contributed by atoms with Crippen molar-refractivity contribution < 1.29 is 8.42 Å². The van der Waals surface area contributed by atoms with Crippen LogP contribution in [0.15, 0.2) is 33.6 Å². The zero-order chi connectivity index (χ0) is 15.6. The van der Waals surface area contributed by atoms with Crippen molar-refractivity contribution in [2.24, 2.45) is 0 Å². The van der Waals surface area contributed by atoms with Crippen LogP contribution in [0.25, 0.3) is 0 Å². The summed E-state index contributed by atoms with van der Waals surface area (Å²) in [5, 5.41) is 0. The van der Waals surface area contributed by atoms with Gasteiger partial charge in [0.05, 0.1) is 4.90 Å². The van der Waals surface area contributed by atoms with Gasteiger partial charge in [0.25, 0.3) is 0 Å². The zero-order valence-electron chi connectivity index (χ0n) is 12.8. The Balaban J connectivity index is 2.09. The molecule has 0 spiro atoms. The minimum atomic E-state index is -3.40. The fourth-order valence-corrected chi connectivity index (χ4v) is 4.42. The Morgan fingerprint density at radius 3 is 2.19 bits per heavy atom. The molecule has 1 aromatic carbocycles. The molecule has 1 heterocycles. The highest BCUT2D eigenvalue weighted by Gasteiger charge is 2.31. The number of hydrogen-bond donors (Lipinski definition) is 0. The number of halogens is 1. The van der Waals surface area contributed by atoms with Crippen molar-refractivity contribution in [2.75, 3.05) is 20.1 Å². The molecule has 4 nitrogen and oxygen atoms in total. The molecule has 0 amide bonds. The molecule has 1 saturated heterocycles. The minimum absolute atomic E-state index is 0.0913. The number of hydrogen-bond acceptors (Lipinski definition) is 3. The molecule has 0 atom stereocenters. The maximum atomic E-state index is 12.7. The number of piperidine rings is 1. The first-order valence-electron chi connectivity index (χ1n) is 7.30. The van der Waals surface area contributed by atoms with E-state index in [1.807, 2.05) is 0 Å². The molecule has 118 valence electrons. The van der Waals surface area contributed by atoms with Crippen LogP contribution in [0.1, 0.15) is 26.7 Å². The van der Waals surface area contributed by atoms with Gasteiger partial charge < -0.3 is 4.90 Å². The molecule has 1 aromatic rings. The maximum absolute atomic E-state index is 12.7. The van der Waals surface area contributed by atoms with Gasteiger partial charge in [0, 0.05) is 23.6 Å². The van der Waals surface area contributed by atoms with E-state index in [1.54, 1.807) is 35.6 Å². The minimum Gasteiger partial charge on any atom is -0.301 e. The van der Waals surface area contributed by atoms with Crippen LogP contribution < -0.4 is 0 Å². The molecule has 1 aliphatic rings. The Morgan fingerprint density at radius 2 is 1.71 bits per heavy atom. The summed E-state index contributed by atoms with van der Waals surface area (Å²) in [4.78, 5) is 2.76. The second-order valence-corrected chi connectivity index (χ2v) is 8.75. The van der Waals surface area contributed by atoms with E-state index in [9.17, 15) is 8.42 Å². The number of rotatable bonds is 4. The lowest BCUT2D eigenvalue weighted by Crippen LogP contribution is -2.47. The van der Waals surface area contributed by atoms with E-state index in [0.717, 1.165) is 30.4 Å². The average molecular weight is 375 g/mol. The van der Waals surface area contributed by atoms with Crippen LogP contribution >= 0.6 is 15.9 Å². The molecule has 0 saturated carbocycles. The number of sulfonamides is 1. The van der Waals surface area contributed by atoms with Crippen LogP contribution in [-0.4, -0.2) is 49.8 Å². The van der Waals surface area contributed by atoms with Crippen LogP contribution in [0.3, 0.4) is 0 Å². The highest BCUT2D eigenvalue weighted by molar-refractivity contribution is 9.10. The summed E-state index contributed by atoms with van der Waals surface area (Å²) in [6.45, 7) is 6.29. The molecular formula is C15H23BrN2O2S. The summed E-state index contributed by atoms with van der Waals surface area (Å²) < 4.78 is 27.7. The lowest BCUT2D eigenvalue weighted by atomic mass is 10.0. The molecule has 1 fully saturated rings. The van der Waals surface area contributed by atoms with Gasteiger partial charge in [0.15, 0.2) is 0 Å². The Hall–Kier alpha value is -0.430. The molecule has 0 aromatic heterocycles. The largest absolute Gasteiger partial charge is 0.301 e. The Kier molecular flexibility index (Phi) is 5.46. The zero-order valence-corrected chi connectivity index (χ0v) is 15.2. The van der Waals surface area contributed by atoms with Gasteiger partial charge in [-0.25, -0.2) is 8.42 Å². The first-order chi connectivity index (χ1) is 9.82. The van der Waals surface area contributed by atoms with Crippen LogP contribution in [-0.2, 0) is 10.0 Å². The normalized spacial score (nSPS) is 18.6. The van der Waals surface area contributed by atoms with Gasteiger partial charge >= 0.3 is 0 Å². The molecule has 0 aliphatic carbocycles. The lowest BCUT2D eigenvalue weighted by molar-refractivity contribution is 0.140. The predicted molar refractivity (Wildman–Crippen MR) is 88.8 cm³/mol. The van der Waals surface area contributed by atoms with Crippen molar-refractivity contribution in [1.82, 2.24) is 9.21 Å². The predicted octanol–water partition coefficient (Wildman–Crippen LogP) is 2.94. The molecule has 0 unspecified atom stereocenters. The summed E-state index contributed by atoms with van der Waals surface area (Å²) >= 11 is 3.33. The molecular weight excluding hydrogens is 352 g/mol. The van der Waals surface area contributed by atoms with Gasteiger partial charge in [-0.05, 0) is 64.0 Å². The number of likely N-dealkylation sites (tertiary alicyclic amines) is 1. The maximum Gasteiger partial charge on any atom is 0.243 e. The van der Waals surface area contributed by atoms with Gasteiger partial charge in [-0.15, -0.1) is 0 Å². The van der Waals surface area contributed by atoms with E-state index in [-0.39, 0.29) is 6.04 Å². The molecule has 0 N–H and O–H groups in total. The van der Waals surface area contributed by atoms with Crippen molar-refractivity contribution in [3.8, 4) is 0 Å². The Labute approximate surface area is 136 Å². The highest BCUT2D eigenvalue weighted by atomic mass is 79.9. The Morgan fingerprint density at radius 1 is 1.19 bits per heavy atom. The van der Waals surface area contributed by atoms with E-state index >= 15 is 0 Å². The molecule has 0 bridgehead atoms. The monoisotopic (exact) mass is 374 g/mol. The van der Waals surface area contributed by atoms with Gasteiger partial charge in [0.1, 0.15) is 0 Å². The first kappa shape index (κ1) is 16.9. The Bertz CT molecular complexity index is 564. The van der Waals surface area contributed by atoms with E-state index in [2.05, 4.69) is 34.7 Å². The van der Waals surface area contributed by atoms with E-state index in [4.69, 9.17) is 0 Å². The van der Waals surface area contributed by atoms with E-state index in [0.29, 0.717) is 10.9 Å². The summed E-state index contributed by atoms with van der Waals surface area (Å²) in [5.41, 5.74) is 0. The smallest absolute Gasteiger partial charge is 0.243 e. The number of nitrogens with zero attached hydrogens (tertiary/aromatic N) is 2. The second kappa shape index (κ2) is 6.77. The van der Waals surface area contributed by atoms with E-state index < -0.39 is 10.0 Å². The summed E-state index contributed by atoms with van der Waals surface area (Å²) in [5.74, 6) is 0. The average Bonchev–Trinajstić information content (AvgIpc) is 2.47. The molecule has 1 aliphatic heterocycles. The van der Waals surface area contributed by atoms with Gasteiger partial charge in [0.2, 0.25) is 10.0 Å². The number of benzene rings is 1. The van der Waals surface area contributed by atoms with Crippen LogP contribution in [0.4, 0.5) is 0 Å². The van der Waals surface area contributed by atoms with Crippen LogP contribution in [0.2, 0.25) is 0 Å². The third-order valence-electron chi connectivity index (χ3n) is 4.23. The topological polar surface area (TPSA) is 40.6 Å². The molecule has 0 radical (unpaired) electrons. The van der Waals surface area contributed by atoms with Crippen molar-refractivity contribution in [3.05, 3.63) is 28.7 Å². The second-order valence-electron chi connectivity index (χ2n) is 5.84. The van der Waals surface area contributed by atoms with Crippen molar-refractivity contribution in [2.45, 2.75) is 43.7 Å². The van der Waals surface area contributed by atoms with Gasteiger partial charge in [-0.1, -0.05) is 15.9 Å². The standard InChI is InChI=1S/C15H23BrN2O2S/c1-12(2)18-10-8-14(9-11-18)17(3)21(19,20)15-6-4-13(16)5-7-15/h4-7,12,14H,8-11H2,1-3H3. The van der Waals surface area contributed by atoms with E-state index in [1.165, 1.54) is 0 Å². The van der Waals surface area contributed by atoms with Gasteiger partial charge in [-0.3, -0.25) is 0 Å². The van der Waals surface area contributed by atoms with Crippen molar-refractivity contribution >= 4 is 26.0 Å². The SMILES string of the molecule is CC(C)N1CCC(N(C)S(=O)(=O)c2ccc(Br)cc2)CC1. The van der Waals surface area contributed by atoms with Gasteiger partial charge in [-0.2, -0.15) is 4.31 Å². The fraction of sp³-hybridized carbons (Fsp3) is 0.600. The van der Waals surface area contributed by atoms with Crippen molar-refractivity contribution in [1.29, 1.82) is 0 Å². The third kappa shape index (κ3) is 3.86. The molecule has 21 heavy (non-hydrogen) atoms. The van der Waals surface area contributed by atoms with Crippen LogP contribution in [0.5, 0.6) is 0 Å². The first-order valence-corrected chi connectivity index (χ1v) is 9.53. The molecule has 6 heteroatoms. The lowest BCUT2D eigenvalue weighted by Gasteiger charge is -2.37.